The number of benzene rings is 1. The number of carbonyl (C=O) groups is 1. The van der Waals surface area contributed by atoms with Crippen molar-refractivity contribution < 1.29 is 17.6 Å². The van der Waals surface area contributed by atoms with Crippen molar-refractivity contribution in [1.82, 2.24) is 19.4 Å². The SMILES string of the molecule is CCN(CC)S(=O)(=O)c1ccc(Cl)c(C(=O)N2CCC[C@@H](c3n[nH]c(=O)o3)C2)c1. The Kier molecular flexibility index (Phi) is 6.45. The molecule has 1 aromatic heterocycles. The third kappa shape index (κ3) is 4.39. The van der Waals surface area contributed by atoms with Crippen LogP contribution in [0.15, 0.2) is 32.3 Å². The molecule has 1 fully saturated rings. The van der Waals surface area contributed by atoms with E-state index in [1.165, 1.54) is 22.5 Å². The number of hydrogen-bond acceptors (Lipinski definition) is 6. The van der Waals surface area contributed by atoms with Crippen molar-refractivity contribution in [2.75, 3.05) is 26.2 Å². The lowest BCUT2D eigenvalue weighted by Gasteiger charge is -2.31. The predicted molar refractivity (Wildman–Crippen MR) is 107 cm³/mol. The summed E-state index contributed by atoms with van der Waals surface area (Å²) in [6.45, 7) is 4.96. The highest BCUT2D eigenvalue weighted by Gasteiger charge is 2.30. The molecular formula is C18H23ClN4O5S. The first-order valence-corrected chi connectivity index (χ1v) is 11.2. The first-order valence-electron chi connectivity index (χ1n) is 9.42. The second-order valence-corrected chi connectivity index (χ2v) is 9.12. The van der Waals surface area contributed by atoms with Gasteiger partial charge in [-0.2, -0.15) is 4.31 Å². The molecule has 1 aromatic carbocycles. The molecule has 0 bridgehead atoms. The molecule has 3 rings (SSSR count). The van der Waals surface area contributed by atoms with E-state index in [9.17, 15) is 18.0 Å². The highest BCUT2D eigenvalue weighted by molar-refractivity contribution is 7.89. The highest BCUT2D eigenvalue weighted by Crippen LogP contribution is 2.29. The number of likely N-dealkylation sites (tertiary alicyclic amines) is 1. The van der Waals surface area contributed by atoms with Crippen LogP contribution >= 0.6 is 11.6 Å². The van der Waals surface area contributed by atoms with Crippen LogP contribution in [0, 0.1) is 0 Å². The lowest BCUT2D eigenvalue weighted by atomic mass is 9.97. The van der Waals surface area contributed by atoms with Crippen LogP contribution in [0.5, 0.6) is 0 Å². The van der Waals surface area contributed by atoms with E-state index >= 15 is 0 Å². The predicted octanol–water partition coefficient (Wildman–Crippen LogP) is 2.07. The first kappa shape index (κ1) is 21.5. The molecule has 0 saturated carbocycles. The van der Waals surface area contributed by atoms with Crippen molar-refractivity contribution in [2.45, 2.75) is 37.5 Å². The summed E-state index contributed by atoms with van der Waals surface area (Å²) < 4.78 is 31.9. The molecule has 1 saturated heterocycles. The highest BCUT2D eigenvalue weighted by atomic mass is 35.5. The van der Waals surface area contributed by atoms with Gasteiger partial charge in [0.2, 0.25) is 15.9 Å². The second kappa shape index (κ2) is 8.68. The lowest BCUT2D eigenvalue weighted by molar-refractivity contribution is 0.0697. The van der Waals surface area contributed by atoms with Crippen LogP contribution in [0.2, 0.25) is 5.02 Å². The monoisotopic (exact) mass is 442 g/mol. The maximum atomic E-state index is 13.1. The van der Waals surface area contributed by atoms with Crippen LogP contribution < -0.4 is 5.76 Å². The van der Waals surface area contributed by atoms with Gasteiger partial charge < -0.3 is 9.32 Å². The Bertz CT molecular complexity index is 1040. The minimum absolute atomic E-state index is 0.0285. The number of amides is 1. The summed E-state index contributed by atoms with van der Waals surface area (Å²) in [6, 6.07) is 4.17. The molecule has 9 nitrogen and oxygen atoms in total. The molecule has 1 aliphatic rings. The Hall–Kier alpha value is -2.17. The van der Waals surface area contributed by atoms with Gasteiger partial charge in [0, 0.05) is 26.2 Å². The van der Waals surface area contributed by atoms with Gasteiger partial charge in [-0.25, -0.2) is 18.3 Å². The van der Waals surface area contributed by atoms with E-state index in [0.717, 1.165) is 6.42 Å². The molecule has 11 heteroatoms. The smallest absolute Gasteiger partial charge is 0.392 e. The van der Waals surface area contributed by atoms with Crippen molar-refractivity contribution in [3.05, 3.63) is 45.2 Å². The van der Waals surface area contributed by atoms with Gasteiger partial charge in [-0.3, -0.25) is 4.79 Å². The van der Waals surface area contributed by atoms with E-state index in [4.69, 9.17) is 16.0 Å². The number of carbonyl (C=O) groups excluding carboxylic acids is 1. The van der Waals surface area contributed by atoms with Crippen molar-refractivity contribution in [3.8, 4) is 0 Å². The van der Waals surface area contributed by atoms with E-state index in [-0.39, 0.29) is 33.2 Å². The largest absolute Gasteiger partial charge is 0.434 e. The first-order chi connectivity index (χ1) is 13.8. The fourth-order valence-electron chi connectivity index (χ4n) is 3.49. The van der Waals surface area contributed by atoms with E-state index < -0.39 is 15.8 Å². The maximum Gasteiger partial charge on any atom is 0.434 e. The quantitative estimate of drug-likeness (QED) is 0.731. The van der Waals surface area contributed by atoms with Gasteiger partial charge in [-0.15, -0.1) is 5.10 Å². The fraction of sp³-hybridized carbons (Fsp3) is 0.500. The lowest BCUT2D eigenvalue weighted by Crippen LogP contribution is -2.39. The van der Waals surface area contributed by atoms with Crippen LogP contribution in [0.3, 0.4) is 0 Å². The number of nitrogens with one attached hydrogen (secondary N) is 1. The van der Waals surface area contributed by atoms with E-state index in [2.05, 4.69) is 10.2 Å². The molecule has 2 aromatic rings. The minimum atomic E-state index is -3.72. The number of aromatic nitrogens is 2. The molecule has 1 aliphatic heterocycles. The summed E-state index contributed by atoms with van der Waals surface area (Å²) >= 11 is 6.23. The average molecular weight is 443 g/mol. The Balaban J connectivity index is 1.88. The molecule has 1 amide bonds. The third-order valence-corrected chi connectivity index (χ3v) is 7.40. The van der Waals surface area contributed by atoms with Crippen molar-refractivity contribution in [1.29, 1.82) is 0 Å². The summed E-state index contributed by atoms with van der Waals surface area (Å²) in [5.74, 6) is -0.959. The molecule has 158 valence electrons. The topological polar surface area (TPSA) is 117 Å². The summed E-state index contributed by atoms with van der Waals surface area (Å²) in [6.07, 6.45) is 1.42. The molecule has 0 spiro atoms. The van der Waals surface area contributed by atoms with Crippen molar-refractivity contribution in [3.63, 3.8) is 0 Å². The molecule has 0 radical (unpaired) electrons. The number of H-pyrrole nitrogens is 1. The number of rotatable bonds is 6. The van der Waals surface area contributed by atoms with E-state index in [1.807, 2.05) is 0 Å². The van der Waals surface area contributed by atoms with Crippen molar-refractivity contribution in [2.24, 2.45) is 0 Å². The van der Waals surface area contributed by atoms with E-state index in [1.54, 1.807) is 18.7 Å². The van der Waals surface area contributed by atoms with Crippen molar-refractivity contribution >= 4 is 27.5 Å². The normalized spacial score (nSPS) is 17.7. The number of nitrogens with zero attached hydrogens (tertiary/aromatic N) is 3. The summed E-state index contributed by atoms with van der Waals surface area (Å²) in [4.78, 5) is 25.9. The molecular weight excluding hydrogens is 420 g/mol. The van der Waals surface area contributed by atoms with Crippen LogP contribution in [0.1, 0.15) is 48.9 Å². The molecule has 1 atom stereocenters. The van der Waals surface area contributed by atoms with Gasteiger partial charge in [0.25, 0.3) is 5.91 Å². The number of aromatic amines is 1. The van der Waals surface area contributed by atoms with E-state index in [0.29, 0.717) is 32.6 Å². The Labute approximate surface area is 173 Å². The minimum Gasteiger partial charge on any atom is -0.392 e. The van der Waals surface area contributed by atoms with Gasteiger partial charge in [0.1, 0.15) is 0 Å². The summed E-state index contributed by atoms with van der Waals surface area (Å²) in [7, 11) is -3.72. The maximum absolute atomic E-state index is 13.1. The zero-order valence-corrected chi connectivity index (χ0v) is 17.8. The number of halogens is 1. The molecule has 1 N–H and O–H groups in total. The zero-order valence-electron chi connectivity index (χ0n) is 16.2. The van der Waals surface area contributed by atoms with Crippen LogP contribution in [0.25, 0.3) is 0 Å². The van der Waals surface area contributed by atoms with Crippen LogP contribution in [-0.4, -0.2) is 59.9 Å². The molecule has 29 heavy (non-hydrogen) atoms. The third-order valence-electron chi connectivity index (χ3n) is 5.02. The summed E-state index contributed by atoms with van der Waals surface area (Å²) in [5, 5.41) is 6.27. The standard InChI is InChI=1S/C18H23ClN4O5S/c1-3-23(4-2)29(26,27)13-7-8-15(19)14(10-13)17(24)22-9-5-6-12(11-22)16-20-21-18(25)28-16/h7-8,10,12H,3-6,9,11H2,1-2H3,(H,21,25)/t12-/m1/s1. The van der Waals surface area contributed by atoms with Gasteiger partial charge >= 0.3 is 5.76 Å². The summed E-state index contributed by atoms with van der Waals surface area (Å²) in [5.41, 5.74) is 0.129. The van der Waals surface area contributed by atoms with Gasteiger partial charge in [0.15, 0.2) is 0 Å². The Morgan fingerprint density at radius 1 is 1.38 bits per heavy atom. The molecule has 0 unspecified atom stereocenters. The van der Waals surface area contributed by atoms with Gasteiger partial charge in [0.05, 0.1) is 21.4 Å². The molecule has 2 heterocycles. The van der Waals surface area contributed by atoms with Gasteiger partial charge in [-0.1, -0.05) is 25.4 Å². The Morgan fingerprint density at radius 2 is 2.10 bits per heavy atom. The fourth-order valence-corrected chi connectivity index (χ4v) is 5.17. The number of sulfonamides is 1. The Morgan fingerprint density at radius 3 is 2.72 bits per heavy atom. The van der Waals surface area contributed by atoms with Crippen LogP contribution in [-0.2, 0) is 10.0 Å². The number of piperidine rings is 1. The van der Waals surface area contributed by atoms with Gasteiger partial charge in [-0.05, 0) is 31.0 Å². The zero-order chi connectivity index (χ0) is 21.2. The molecule has 0 aliphatic carbocycles. The average Bonchev–Trinajstić information content (AvgIpc) is 3.15. The van der Waals surface area contributed by atoms with Crippen LogP contribution in [0.4, 0.5) is 0 Å². The second-order valence-electron chi connectivity index (χ2n) is 6.77. The number of hydrogen-bond donors (Lipinski definition) is 1.